The van der Waals surface area contributed by atoms with Gasteiger partial charge in [-0.05, 0) is 66.9 Å². The minimum absolute atomic E-state index is 0.159. The standard InChI is InChI=1S/C21H21NO2/c1-14-10-15(2)12-19(11-14)22-21(23)16(3)24-20-9-8-17-6-4-5-7-18(17)13-20/h4-13,16H,1-3H3,(H,22,23)/t16-/m0/s1. The highest BCUT2D eigenvalue weighted by atomic mass is 16.5. The third kappa shape index (κ3) is 3.74. The van der Waals surface area contributed by atoms with Crippen LogP contribution in [0.15, 0.2) is 60.7 Å². The minimum atomic E-state index is -0.577. The zero-order valence-corrected chi connectivity index (χ0v) is 14.2. The average Bonchev–Trinajstić information content (AvgIpc) is 2.53. The molecule has 0 spiro atoms. The van der Waals surface area contributed by atoms with Gasteiger partial charge in [0.2, 0.25) is 0 Å². The Balaban J connectivity index is 1.70. The molecule has 0 fully saturated rings. The molecule has 1 atom stereocenters. The van der Waals surface area contributed by atoms with E-state index < -0.39 is 6.10 Å². The van der Waals surface area contributed by atoms with Crippen LogP contribution in [0.5, 0.6) is 5.75 Å². The lowest BCUT2D eigenvalue weighted by molar-refractivity contribution is -0.122. The maximum absolute atomic E-state index is 12.4. The van der Waals surface area contributed by atoms with E-state index in [1.807, 2.05) is 62.4 Å². The van der Waals surface area contributed by atoms with Gasteiger partial charge in [-0.15, -0.1) is 0 Å². The molecule has 3 heteroatoms. The van der Waals surface area contributed by atoms with Gasteiger partial charge in [-0.2, -0.15) is 0 Å². The van der Waals surface area contributed by atoms with Gasteiger partial charge < -0.3 is 10.1 Å². The number of anilines is 1. The number of carbonyl (C=O) groups is 1. The second kappa shape index (κ2) is 6.75. The molecule has 0 aliphatic carbocycles. The second-order valence-electron chi connectivity index (χ2n) is 6.13. The van der Waals surface area contributed by atoms with Crippen LogP contribution in [0.2, 0.25) is 0 Å². The smallest absolute Gasteiger partial charge is 0.265 e. The van der Waals surface area contributed by atoms with Crippen LogP contribution in [0.1, 0.15) is 18.1 Å². The van der Waals surface area contributed by atoms with E-state index in [0.29, 0.717) is 5.75 Å². The van der Waals surface area contributed by atoms with E-state index in [4.69, 9.17) is 4.74 Å². The quantitative estimate of drug-likeness (QED) is 0.745. The second-order valence-corrected chi connectivity index (χ2v) is 6.13. The molecule has 24 heavy (non-hydrogen) atoms. The Morgan fingerprint density at radius 3 is 2.29 bits per heavy atom. The van der Waals surface area contributed by atoms with E-state index in [1.54, 1.807) is 6.92 Å². The number of fused-ring (bicyclic) bond motifs is 1. The Labute approximate surface area is 142 Å². The van der Waals surface area contributed by atoms with Crippen molar-refractivity contribution in [3.8, 4) is 5.75 Å². The SMILES string of the molecule is Cc1cc(C)cc(NC(=O)[C@H](C)Oc2ccc3ccccc3c2)c1. The predicted molar refractivity (Wildman–Crippen MR) is 98.6 cm³/mol. The van der Waals surface area contributed by atoms with Crippen molar-refractivity contribution in [3.63, 3.8) is 0 Å². The molecule has 0 heterocycles. The van der Waals surface area contributed by atoms with Crippen molar-refractivity contribution >= 4 is 22.4 Å². The zero-order valence-electron chi connectivity index (χ0n) is 14.2. The Morgan fingerprint density at radius 1 is 0.917 bits per heavy atom. The molecule has 122 valence electrons. The summed E-state index contributed by atoms with van der Waals surface area (Å²) in [6, 6.07) is 19.9. The van der Waals surface area contributed by atoms with Crippen LogP contribution in [0, 0.1) is 13.8 Å². The molecule has 3 nitrogen and oxygen atoms in total. The molecule has 3 aromatic carbocycles. The first-order chi connectivity index (χ1) is 11.5. The summed E-state index contributed by atoms with van der Waals surface area (Å²) < 4.78 is 5.80. The molecule has 1 amide bonds. The maximum Gasteiger partial charge on any atom is 0.265 e. The molecule has 0 unspecified atom stereocenters. The summed E-state index contributed by atoms with van der Waals surface area (Å²) in [4.78, 5) is 12.4. The highest BCUT2D eigenvalue weighted by Gasteiger charge is 2.15. The van der Waals surface area contributed by atoms with Crippen LogP contribution in [0.3, 0.4) is 0 Å². The van der Waals surface area contributed by atoms with Gasteiger partial charge in [0.05, 0.1) is 0 Å². The van der Waals surface area contributed by atoms with Crippen molar-refractivity contribution in [3.05, 3.63) is 71.8 Å². The van der Waals surface area contributed by atoms with Gasteiger partial charge in [0.15, 0.2) is 6.10 Å². The van der Waals surface area contributed by atoms with Crippen LogP contribution in [-0.2, 0) is 4.79 Å². The first kappa shape index (κ1) is 16.1. The number of nitrogens with one attached hydrogen (secondary N) is 1. The van der Waals surface area contributed by atoms with Crippen molar-refractivity contribution in [1.29, 1.82) is 0 Å². The molecular formula is C21H21NO2. The number of rotatable bonds is 4. The van der Waals surface area contributed by atoms with Crippen molar-refractivity contribution in [2.24, 2.45) is 0 Å². The summed E-state index contributed by atoms with van der Waals surface area (Å²) >= 11 is 0. The van der Waals surface area contributed by atoms with Gasteiger partial charge in [-0.25, -0.2) is 0 Å². The Hall–Kier alpha value is -2.81. The number of aryl methyl sites for hydroxylation is 2. The van der Waals surface area contributed by atoms with Gasteiger partial charge in [-0.3, -0.25) is 4.79 Å². The number of hydrogen-bond donors (Lipinski definition) is 1. The van der Waals surface area contributed by atoms with Crippen LogP contribution >= 0.6 is 0 Å². The van der Waals surface area contributed by atoms with Crippen molar-refractivity contribution in [2.75, 3.05) is 5.32 Å². The monoisotopic (exact) mass is 319 g/mol. The Morgan fingerprint density at radius 2 is 1.58 bits per heavy atom. The lowest BCUT2D eigenvalue weighted by atomic mass is 10.1. The largest absolute Gasteiger partial charge is 0.481 e. The molecule has 0 aliphatic rings. The number of amides is 1. The highest BCUT2D eigenvalue weighted by Crippen LogP contribution is 2.22. The Bertz CT molecular complexity index is 866. The summed E-state index contributed by atoms with van der Waals surface area (Å²) in [5, 5.41) is 5.16. The normalized spacial score (nSPS) is 12.0. The molecule has 0 bridgehead atoms. The van der Waals surface area contributed by atoms with Crippen molar-refractivity contribution in [2.45, 2.75) is 26.9 Å². The summed E-state index contributed by atoms with van der Waals surface area (Å²) in [6.07, 6.45) is -0.577. The lowest BCUT2D eigenvalue weighted by Crippen LogP contribution is -2.30. The first-order valence-corrected chi connectivity index (χ1v) is 8.06. The van der Waals surface area contributed by atoms with E-state index >= 15 is 0 Å². The first-order valence-electron chi connectivity index (χ1n) is 8.06. The molecule has 0 saturated carbocycles. The lowest BCUT2D eigenvalue weighted by Gasteiger charge is -2.16. The third-order valence-electron chi connectivity index (χ3n) is 3.89. The van der Waals surface area contributed by atoms with E-state index in [9.17, 15) is 4.79 Å². The van der Waals surface area contributed by atoms with Crippen molar-refractivity contribution in [1.82, 2.24) is 0 Å². The van der Waals surface area contributed by atoms with Crippen molar-refractivity contribution < 1.29 is 9.53 Å². The summed E-state index contributed by atoms with van der Waals surface area (Å²) in [6.45, 7) is 5.78. The van der Waals surface area contributed by atoms with Gasteiger partial charge in [0, 0.05) is 5.69 Å². The fraction of sp³-hybridized carbons (Fsp3) is 0.190. The van der Waals surface area contributed by atoms with Gasteiger partial charge >= 0.3 is 0 Å². The van der Waals surface area contributed by atoms with Crippen LogP contribution in [-0.4, -0.2) is 12.0 Å². The number of ether oxygens (including phenoxy) is 1. The molecule has 0 aromatic heterocycles. The van der Waals surface area contributed by atoms with Crippen LogP contribution < -0.4 is 10.1 Å². The zero-order chi connectivity index (χ0) is 17.1. The van der Waals surface area contributed by atoms with Gasteiger partial charge in [0.1, 0.15) is 5.75 Å². The summed E-state index contributed by atoms with van der Waals surface area (Å²) in [7, 11) is 0. The van der Waals surface area contributed by atoms with E-state index in [2.05, 4.69) is 17.4 Å². The highest BCUT2D eigenvalue weighted by molar-refractivity contribution is 5.94. The van der Waals surface area contributed by atoms with Crippen LogP contribution in [0.4, 0.5) is 5.69 Å². The number of carbonyl (C=O) groups excluding carboxylic acids is 1. The fourth-order valence-corrected chi connectivity index (χ4v) is 2.79. The molecule has 3 aromatic rings. The molecule has 3 rings (SSSR count). The average molecular weight is 319 g/mol. The molecule has 0 radical (unpaired) electrons. The van der Waals surface area contributed by atoms with Crippen LogP contribution in [0.25, 0.3) is 10.8 Å². The molecule has 0 aliphatic heterocycles. The topological polar surface area (TPSA) is 38.3 Å². The van der Waals surface area contributed by atoms with Gasteiger partial charge in [0.25, 0.3) is 5.91 Å². The summed E-state index contributed by atoms with van der Waals surface area (Å²) in [5.41, 5.74) is 3.04. The van der Waals surface area contributed by atoms with E-state index in [-0.39, 0.29) is 5.91 Å². The number of hydrogen-bond acceptors (Lipinski definition) is 2. The Kier molecular flexibility index (Phi) is 4.52. The summed E-state index contributed by atoms with van der Waals surface area (Å²) in [5.74, 6) is 0.532. The molecular weight excluding hydrogens is 298 g/mol. The third-order valence-corrected chi connectivity index (χ3v) is 3.89. The van der Waals surface area contributed by atoms with Gasteiger partial charge in [-0.1, -0.05) is 36.4 Å². The van der Waals surface area contributed by atoms with E-state index in [1.165, 1.54) is 0 Å². The molecule has 0 saturated heterocycles. The maximum atomic E-state index is 12.4. The predicted octanol–water partition coefficient (Wildman–Crippen LogP) is 4.86. The van der Waals surface area contributed by atoms with E-state index in [0.717, 1.165) is 27.6 Å². The molecule has 1 N–H and O–H groups in total. The minimum Gasteiger partial charge on any atom is -0.481 e. The fourth-order valence-electron chi connectivity index (χ4n) is 2.79. The number of benzene rings is 3.